The van der Waals surface area contributed by atoms with Crippen LogP contribution in [0.2, 0.25) is 0 Å². The lowest BCUT2D eigenvalue weighted by Gasteiger charge is -2.26. The van der Waals surface area contributed by atoms with E-state index >= 15 is 0 Å². The molecule has 1 aliphatic rings. The largest absolute Gasteiger partial charge is 0.497 e. The van der Waals surface area contributed by atoms with Crippen LogP contribution in [0.25, 0.3) is 21.9 Å². The Morgan fingerprint density at radius 3 is 2.83 bits per heavy atom. The van der Waals surface area contributed by atoms with Crippen molar-refractivity contribution in [2.45, 2.75) is 25.8 Å². The molecular formula is C18H22N4O2. The molecule has 4 rings (SSSR count). The average molecular weight is 326 g/mol. The van der Waals surface area contributed by atoms with Crippen molar-refractivity contribution in [2.75, 3.05) is 26.7 Å². The van der Waals surface area contributed by atoms with Crippen LogP contribution in [-0.2, 0) is 6.54 Å². The van der Waals surface area contributed by atoms with Crippen molar-refractivity contribution < 1.29 is 4.74 Å². The number of H-pyrrole nitrogens is 1. The van der Waals surface area contributed by atoms with Gasteiger partial charge in [0.25, 0.3) is 5.56 Å². The van der Waals surface area contributed by atoms with E-state index in [0.717, 1.165) is 36.3 Å². The fourth-order valence-electron chi connectivity index (χ4n) is 3.49. The molecule has 6 nitrogen and oxygen atoms in total. The first-order chi connectivity index (χ1) is 11.8. The Bertz CT molecular complexity index is 922. The molecule has 0 bridgehead atoms. The predicted molar refractivity (Wildman–Crippen MR) is 94.7 cm³/mol. The molecule has 1 saturated heterocycles. The zero-order valence-electron chi connectivity index (χ0n) is 13.9. The second kappa shape index (κ2) is 6.28. The molecule has 2 aromatic heterocycles. The van der Waals surface area contributed by atoms with E-state index in [9.17, 15) is 4.79 Å². The molecule has 126 valence electrons. The van der Waals surface area contributed by atoms with E-state index in [1.807, 2.05) is 18.2 Å². The van der Waals surface area contributed by atoms with Crippen molar-refractivity contribution >= 4 is 21.9 Å². The maximum Gasteiger partial charge on any atom is 0.277 e. The second-order valence-corrected chi connectivity index (χ2v) is 6.41. The van der Waals surface area contributed by atoms with Gasteiger partial charge in [-0.15, -0.1) is 0 Å². The Morgan fingerprint density at radius 1 is 1.21 bits per heavy atom. The Kier molecular flexibility index (Phi) is 3.98. The van der Waals surface area contributed by atoms with Gasteiger partial charge in [0.05, 0.1) is 13.4 Å². The SMILES string of the molecule is COc1ccc2[nH]c3c(=O)n(CCN4CCCCC4)cnc3c2c1. The van der Waals surface area contributed by atoms with Crippen LogP contribution in [0.5, 0.6) is 5.75 Å². The second-order valence-electron chi connectivity index (χ2n) is 6.41. The molecule has 24 heavy (non-hydrogen) atoms. The maximum absolute atomic E-state index is 12.8. The lowest BCUT2D eigenvalue weighted by Crippen LogP contribution is -2.34. The number of aromatic amines is 1. The Hall–Kier alpha value is -2.34. The van der Waals surface area contributed by atoms with Gasteiger partial charge < -0.3 is 14.6 Å². The molecule has 1 N–H and O–H groups in total. The lowest BCUT2D eigenvalue weighted by molar-refractivity contribution is 0.220. The highest BCUT2D eigenvalue weighted by Gasteiger charge is 2.13. The molecule has 6 heteroatoms. The number of hydrogen-bond donors (Lipinski definition) is 1. The van der Waals surface area contributed by atoms with Crippen LogP contribution >= 0.6 is 0 Å². The number of hydrogen-bond acceptors (Lipinski definition) is 4. The van der Waals surface area contributed by atoms with E-state index in [1.54, 1.807) is 18.0 Å². The van der Waals surface area contributed by atoms with E-state index in [2.05, 4.69) is 14.9 Å². The fourth-order valence-corrected chi connectivity index (χ4v) is 3.49. The third kappa shape index (κ3) is 2.67. The topological polar surface area (TPSA) is 63.2 Å². The van der Waals surface area contributed by atoms with Crippen LogP contribution in [0.3, 0.4) is 0 Å². The van der Waals surface area contributed by atoms with Gasteiger partial charge in [0, 0.05) is 24.0 Å². The smallest absolute Gasteiger partial charge is 0.277 e. The molecule has 0 radical (unpaired) electrons. The number of nitrogens with zero attached hydrogens (tertiary/aromatic N) is 3. The molecule has 3 aromatic rings. The Morgan fingerprint density at radius 2 is 2.04 bits per heavy atom. The quantitative estimate of drug-likeness (QED) is 0.799. The van der Waals surface area contributed by atoms with Crippen LogP contribution in [0.1, 0.15) is 19.3 Å². The minimum absolute atomic E-state index is 0.00724. The maximum atomic E-state index is 12.8. The first-order valence-corrected chi connectivity index (χ1v) is 8.53. The van der Waals surface area contributed by atoms with Gasteiger partial charge in [0.1, 0.15) is 16.8 Å². The number of ether oxygens (including phenoxy) is 1. The van der Waals surface area contributed by atoms with Crippen LogP contribution in [0, 0.1) is 0 Å². The Labute approximate surface area is 140 Å². The van der Waals surface area contributed by atoms with Crippen LogP contribution in [-0.4, -0.2) is 46.2 Å². The molecule has 3 heterocycles. The van der Waals surface area contributed by atoms with Crippen LogP contribution < -0.4 is 10.3 Å². The van der Waals surface area contributed by atoms with Crippen molar-refractivity contribution in [3.63, 3.8) is 0 Å². The van der Waals surface area contributed by atoms with E-state index in [-0.39, 0.29) is 5.56 Å². The van der Waals surface area contributed by atoms with Gasteiger partial charge in [-0.05, 0) is 44.1 Å². The number of likely N-dealkylation sites (tertiary alicyclic amines) is 1. The summed E-state index contributed by atoms with van der Waals surface area (Å²) in [6.45, 7) is 3.86. The zero-order valence-corrected chi connectivity index (χ0v) is 13.9. The fraction of sp³-hybridized carbons (Fsp3) is 0.444. The molecule has 1 aromatic carbocycles. The summed E-state index contributed by atoms with van der Waals surface area (Å²) in [5.41, 5.74) is 2.18. The van der Waals surface area contributed by atoms with Gasteiger partial charge in [-0.1, -0.05) is 6.42 Å². The third-order valence-corrected chi connectivity index (χ3v) is 4.89. The number of fused-ring (bicyclic) bond motifs is 3. The van der Waals surface area contributed by atoms with Crippen LogP contribution in [0.4, 0.5) is 0 Å². The number of aromatic nitrogens is 3. The minimum Gasteiger partial charge on any atom is -0.497 e. The van der Waals surface area contributed by atoms with Crippen molar-refractivity contribution in [1.29, 1.82) is 0 Å². The van der Waals surface area contributed by atoms with E-state index in [0.29, 0.717) is 17.6 Å². The van der Waals surface area contributed by atoms with Gasteiger partial charge in [-0.3, -0.25) is 9.36 Å². The van der Waals surface area contributed by atoms with Crippen molar-refractivity contribution in [3.05, 3.63) is 34.9 Å². The van der Waals surface area contributed by atoms with Gasteiger partial charge in [-0.2, -0.15) is 0 Å². The van der Waals surface area contributed by atoms with E-state index in [1.165, 1.54) is 19.3 Å². The first kappa shape index (κ1) is 15.2. The number of benzene rings is 1. The summed E-state index contributed by atoms with van der Waals surface area (Å²) in [6.07, 6.45) is 5.51. The number of rotatable bonds is 4. The van der Waals surface area contributed by atoms with Crippen molar-refractivity contribution in [3.8, 4) is 5.75 Å². The monoisotopic (exact) mass is 326 g/mol. The highest BCUT2D eigenvalue weighted by Crippen LogP contribution is 2.25. The summed E-state index contributed by atoms with van der Waals surface area (Å²) in [5.74, 6) is 0.763. The molecule has 0 spiro atoms. The summed E-state index contributed by atoms with van der Waals surface area (Å²) < 4.78 is 6.98. The molecule has 0 unspecified atom stereocenters. The summed E-state index contributed by atoms with van der Waals surface area (Å²) >= 11 is 0. The number of nitrogens with one attached hydrogen (secondary N) is 1. The first-order valence-electron chi connectivity index (χ1n) is 8.53. The standard InChI is InChI=1S/C18H22N4O2/c1-24-13-5-6-15-14(11-13)16-17(20-15)18(23)22(12-19-16)10-9-21-7-3-2-4-8-21/h5-6,11-12,20H,2-4,7-10H2,1H3. The molecular weight excluding hydrogens is 304 g/mol. The molecule has 1 fully saturated rings. The summed E-state index contributed by atoms with van der Waals surface area (Å²) in [7, 11) is 1.64. The molecule has 0 aliphatic carbocycles. The van der Waals surface area contributed by atoms with Gasteiger partial charge in [0.15, 0.2) is 0 Å². The zero-order chi connectivity index (χ0) is 16.5. The number of methoxy groups -OCH3 is 1. The molecule has 1 aliphatic heterocycles. The van der Waals surface area contributed by atoms with Crippen molar-refractivity contribution in [1.82, 2.24) is 19.4 Å². The lowest BCUT2D eigenvalue weighted by atomic mass is 10.1. The predicted octanol–water partition coefficient (Wildman–Crippen LogP) is 2.37. The summed E-state index contributed by atoms with van der Waals surface area (Å²) in [6, 6.07) is 5.72. The molecule has 0 atom stereocenters. The normalized spacial score (nSPS) is 16.0. The molecule has 0 amide bonds. The van der Waals surface area contributed by atoms with Crippen molar-refractivity contribution in [2.24, 2.45) is 0 Å². The summed E-state index contributed by atoms with van der Waals surface area (Å²) in [4.78, 5) is 22.9. The highest BCUT2D eigenvalue weighted by atomic mass is 16.5. The van der Waals surface area contributed by atoms with Gasteiger partial charge >= 0.3 is 0 Å². The number of piperidine rings is 1. The Balaban J connectivity index is 1.67. The molecule has 0 saturated carbocycles. The van der Waals surface area contributed by atoms with E-state index < -0.39 is 0 Å². The van der Waals surface area contributed by atoms with Gasteiger partial charge in [-0.25, -0.2) is 4.98 Å². The summed E-state index contributed by atoms with van der Waals surface area (Å²) in [5, 5.41) is 0.921. The van der Waals surface area contributed by atoms with Gasteiger partial charge in [0.2, 0.25) is 0 Å². The third-order valence-electron chi connectivity index (χ3n) is 4.89. The van der Waals surface area contributed by atoms with E-state index in [4.69, 9.17) is 4.74 Å². The minimum atomic E-state index is -0.00724. The average Bonchev–Trinajstić information content (AvgIpc) is 3.00. The van der Waals surface area contributed by atoms with Crippen LogP contribution in [0.15, 0.2) is 29.3 Å². The highest BCUT2D eigenvalue weighted by molar-refractivity contribution is 6.04.